The molecule has 0 unspecified atom stereocenters. The summed E-state index contributed by atoms with van der Waals surface area (Å²) in [7, 11) is 0. The second-order valence-electron chi connectivity index (χ2n) is 5.50. The second kappa shape index (κ2) is 7.05. The third-order valence-electron chi connectivity index (χ3n) is 3.73. The largest absolute Gasteiger partial charge is 0.434 e. The molecule has 0 bridgehead atoms. The number of oxazole rings is 1. The van der Waals surface area contributed by atoms with E-state index >= 15 is 0 Å². The predicted octanol–water partition coefficient (Wildman–Crippen LogP) is 5.40. The van der Waals surface area contributed by atoms with Crippen molar-refractivity contribution in [2.75, 3.05) is 5.32 Å². The lowest BCUT2D eigenvalue weighted by Gasteiger charge is -2.07. The highest BCUT2D eigenvalue weighted by molar-refractivity contribution is 14.1. The molecule has 26 heavy (non-hydrogen) atoms. The van der Waals surface area contributed by atoms with Crippen molar-refractivity contribution in [3.05, 3.63) is 75.0 Å². The summed E-state index contributed by atoms with van der Waals surface area (Å²) in [6.07, 6.45) is 1.67. The molecule has 2 aromatic heterocycles. The fourth-order valence-corrected chi connectivity index (χ4v) is 3.15. The van der Waals surface area contributed by atoms with Crippen molar-refractivity contribution in [1.82, 2.24) is 9.97 Å². The van der Waals surface area contributed by atoms with Gasteiger partial charge in [-0.3, -0.25) is 4.79 Å². The van der Waals surface area contributed by atoms with Gasteiger partial charge in [-0.2, -0.15) is 4.98 Å². The maximum atomic E-state index is 12.4. The molecule has 0 radical (unpaired) electrons. The van der Waals surface area contributed by atoms with Crippen molar-refractivity contribution in [2.45, 2.75) is 0 Å². The van der Waals surface area contributed by atoms with Crippen molar-refractivity contribution in [2.24, 2.45) is 0 Å². The van der Waals surface area contributed by atoms with Gasteiger partial charge in [0, 0.05) is 21.0 Å². The molecule has 7 heteroatoms. The fraction of sp³-hybridized carbons (Fsp3) is 0. The molecule has 0 fully saturated rings. The smallest absolute Gasteiger partial charge is 0.257 e. The third kappa shape index (κ3) is 3.42. The van der Waals surface area contributed by atoms with Crippen molar-refractivity contribution in [3.63, 3.8) is 0 Å². The van der Waals surface area contributed by atoms with Crippen LogP contribution < -0.4 is 5.32 Å². The first-order valence-electron chi connectivity index (χ1n) is 7.68. The Morgan fingerprint density at radius 3 is 2.69 bits per heavy atom. The van der Waals surface area contributed by atoms with Crippen molar-refractivity contribution < 1.29 is 9.21 Å². The zero-order chi connectivity index (χ0) is 18.1. The number of anilines is 1. The third-order valence-corrected chi connectivity index (χ3v) is 4.73. The number of halogens is 2. The highest BCUT2D eigenvalue weighted by Gasteiger charge is 2.12. The molecular formula is C19H11ClIN3O2. The number of fused-ring (bicyclic) bond motifs is 1. The van der Waals surface area contributed by atoms with Crippen molar-refractivity contribution >= 4 is 57.0 Å². The van der Waals surface area contributed by atoms with Gasteiger partial charge in [0.1, 0.15) is 0 Å². The van der Waals surface area contributed by atoms with Gasteiger partial charge in [-0.25, -0.2) is 4.98 Å². The molecule has 0 spiro atoms. The van der Waals surface area contributed by atoms with Gasteiger partial charge in [-0.1, -0.05) is 11.6 Å². The average Bonchev–Trinajstić information content (AvgIpc) is 3.08. The molecule has 1 N–H and O–H groups in total. The normalized spacial score (nSPS) is 10.8. The Balaban J connectivity index is 1.56. The summed E-state index contributed by atoms with van der Waals surface area (Å²) < 4.78 is 6.64. The number of aromatic nitrogens is 2. The van der Waals surface area contributed by atoms with Gasteiger partial charge in [0.15, 0.2) is 11.2 Å². The number of benzene rings is 2. The molecule has 0 saturated carbocycles. The summed E-state index contributed by atoms with van der Waals surface area (Å²) in [6.45, 7) is 0. The molecule has 0 saturated heterocycles. The van der Waals surface area contributed by atoms with Crippen LogP contribution in [-0.2, 0) is 0 Å². The number of pyridine rings is 1. The van der Waals surface area contributed by atoms with Crippen LogP contribution in [0.15, 0.2) is 65.2 Å². The first-order chi connectivity index (χ1) is 12.6. The Kier molecular flexibility index (Phi) is 4.60. The van der Waals surface area contributed by atoms with Gasteiger partial charge in [0.05, 0.1) is 10.6 Å². The predicted molar refractivity (Wildman–Crippen MR) is 109 cm³/mol. The van der Waals surface area contributed by atoms with Crippen LogP contribution >= 0.6 is 34.2 Å². The maximum absolute atomic E-state index is 12.4. The number of carbonyl (C=O) groups excluding carboxylic acids is 1. The first-order valence-corrected chi connectivity index (χ1v) is 9.14. The minimum Gasteiger partial charge on any atom is -0.434 e. The van der Waals surface area contributed by atoms with Crippen LogP contribution in [0.2, 0.25) is 5.02 Å². The summed E-state index contributed by atoms with van der Waals surface area (Å²) in [5.74, 6) is 0.226. The molecule has 0 aliphatic rings. The number of hydrogen-bond acceptors (Lipinski definition) is 4. The highest BCUT2D eigenvalue weighted by Crippen LogP contribution is 2.25. The maximum Gasteiger partial charge on any atom is 0.257 e. The average molecular weight is 476 g/mol. The SMILES string of the molecule is O=C(Nc1ccc(-c2nc3ncccc3o2)cc1)c1cc(I)ccc1Cl. The van der Waals surface area contributed by atoms with Crippen LogP contribution in [0.5, 0.6) is 0 Å². The van der Waals surface area contributed by atoms with Gasteiger partial charge >= 0.3 is 0 Å². The van der Waals surface area contributed by atoms with E-state index < -0.39 is 0 Å². The van der Waals surface area contributed by atoms with E-state index in [9.17, 15) is 4.79 Å². The first kappa shape index (κ1) is 17.0. The number of nitrogens with zero attached hydrogens (tertiary/aromatic N) is 2. The van der Waals surface area contributed by atoms with Crippen LogP contribution in [0, 0.1) is 3.57 Å². The molecular weight excluding hydrogens is 465 g/mol. The number of rotatable bonds is 3. The molecule has 2 heterocycles. The zero-order valence-electron chi connectivity index (χ0n) is 13.2. The molecule has 1 amide bonds. The van der Waals surface area contributed by atoms with Gasteiger partial charge in [-0.05, 0) is 77.2 Å². The summed E-state index contributed by atoms with van der Waals surface area (Å²) in [5, 5.41) is 3.26. The van der Waals surface area contributed by atoms with Crippen LogP contribution in [0.4, 0.5) is 5.69 Å². The number of nitrogens with one attached hydrogen (secondary N) is 1. The van der Waals surface area contributed by atoms with Crippen LogP contribution in [0.3, 0.4) is 0 Å². The molecule has 0 atom stereocenters. The van der Waals surface area contributed by atoms with Gasteiger partial charge in [-0.15, -0.1) is 0 Å². The lowest BCUT2D eigenvalue weighted by atomic mass is 10.2. The van der Waals surface area contributed by atoms with E-state index in [4.69, 9.17) is 16.0 Å². The minimum absolute atomic E-state index is 0.257. The minimum atomic E-state index is -0.257. The summed E-state index contributed by atoms with van der Waals surface area (Å²) in [5.41, 5.74) is 3.09. The molecule has 5 nitrogen and oxygen atoms in total. The quantitative estimate of drug-likeness (QED) is 0.403. The molecule has 0 aliphatic carbocycles. The number of carbonyl (C=O) groups is 1. The lowest BCUT2D eigenvalue weighted by molar-refractivity contribution is 0.102. The Labute approximate surface area is 167 Å². The monoisotopic (exact) mass is 475 g/mol. The van der Waals surface area contributed by atoms with Crippen molar-refractivity contribution in [1.29, 1.82) is 0 Å². The Hall–Kier alpha value is -2.45. The van der Waals surface area contributed by atoms with E-state index in [1.807, 2.05) is 24.3 Å². The van der Waals surface area contributed by atoms with E-state index in [1.165, 1.54) is 0 Å². The molecule has 4 rings (SSSR count). The van der Waals surface area contributed by atoms with E-state index in [0.29, 0.717) is 33.4 Å². The second-order valence-corrected chi connectivity index (χ2v) is 7.15. The van der Waals surface area contributed by atoms with Gasteiger partial charge in [0.2, 0.25) is 5.89 Å². The summed E-state index contributed by atoms with van der Waals surface area (Å²) in [6, 6.07) is 16.2. The van der Waals surface area contributed by atoms with Crippen LogP contribution in [0.25, 0.3) is 22.7 Å². The van der Waals surface area contributed by atoms with E-state index in [-0.39, 0.29) is 5.91 Å². The molecule has 128 valence electrons. The summed E-state index contributed by atoms with van der Waals surface area (Å²) in [4.78, 5) is 20.9. The van der Waals surface area contributed by atoms with E-state index in [2.05, 4.69) is 37.9 Å². The number of hydrogen-bond donors (Lipinski definition) is 1. The van der Waals surface area contributed by atoms with E-state index in [1.54, 1.807) is 36.5 Å². The highest BCUT2D eigenvalue weighted by atomic mass is 127. The number of amides is 1. The summed E-state index contributed by atoms with van der Waals surface area (Å²) >= 11 is 8.25. The van der Waals surface area contributed by atoms with E-state index in [0.717, 1.165) is 9.13 Å². The van der Waals surface area contributed by atoms with Gasteiger partial charge < -0.3 is 9.73 Å². The Bertz CT molecular complexity index is 1080. The Morgan fingerprint density at radius 2 is 1.92 bits per heavy atom. The fourth-order valence-electron chi connectivity index (χ4n) is 2.46. The molecule has 2 aromatic carbocycles. The van der Waals surface area contributed by atoms with Crippen molar-refractivity contribution in [3.8, 4) is 11.5 Å². The Morgan fingerprint density at radius 1 is 1.12 bits per heavy atom. The zero-order valence-corrected chi connectivity index (χ0v) is 16.2. The van der Waals surface area contributed by atoms with Gasteiger partial charge in [0.25, 0.3) is 5.91 Å². The van der Waals surface area contributed by atoms with Crippen LogP contribution in [0.1, 0.15) is 10.4 Å². The van der Waals surface area contributed by atoms with Crippen LogP contribution in [-0.4, -0.2) is 15.9 Å². The molecule has 0 aliphatic heterocycles. The molecule has 4 aromatic rings. The topological polar surface area (TPSA) is 68.0 Å². The lowest BCUT2D eigenvalue weighted by Crippen LogP contribution is -2.12. The standard InChI is InChI=1S/C19H11ClIN3O2/c20-15-8-5-12(21)10-14(15)18(25)23-13-6-3-11(4-7-13)19-24-17-16(26-19)2-1-9-22-17/h1-10H,(H,23,25).